The number of sulfone groups is 1. The highest BCUT2D eigenvalue weighted by Crippen LogP contribution is 2.26. The van der Waals surface area contributed by atoms with Crippen molar-refractivity contribution in [1.82, 2.24) is 4.90 Å². The molecule has 2 aromatic rings. The van der Waals surface area contributed by atoms with Crippen LogP contribution < -0.4 is 4.74 Å². The minimum atomic E-state index is -3.15. The zero-order valence-electron chi connectivity index (χ0n) is 15.9. The Morgan fingerprint density at radius 2 is 2.11 bits per heavy atom. The first-order valence-corrected chi connectivity index (χ1v) is 12.0. The van der Waals surface area contributed by atoms with Crippen LogP contribution in [-0.4, -0.2) is 42.9 Å². The van der Waals surface area contributed by atoms with Gasteiger partial charge in [-0.1, -0.05) is 19.1 Å². The van der Waals surface area contributed by atoms with Gasteiger partial charge in [-0.3, -0.25) is 4.79 Å². The topological polar surface area (TPSA) is 63.7 Å². The number of hydrogen-bond acceptors (Lipinski definition) is 5. The summed E-state index contributed by atoms with van der Waals surface area (Å²) in [7, 11) is -3.15. The van der Waals surface area contributed by atoms with Crippen LogP contribution in [0.4, 0.5) is 4.39 Å². The maximum atomic E-state index is 14.0. The number of para-hydroxylation sites is 1. The molecule has 5 nitrogen and oxygen atoms in total. The number of halogens is 1. The lowest BCUT2D eigenvalue weighted by Gasteiger charge is -2.31. The van der Waals surface area contributed by atoms with Gasteiger partial charge in [0.2, 0.25) is 0 Å². The Kier molecular flexibility index (Phi) is 6.40. The molecule has 0 N–H and O–H groups in total. The maximum Gasteiger partial charge on any atom is 0.264 e. The van der Waals surface area contributed by atoms with Crippen LogP contribution in [0.3, 0.4) is 0 Å². The number of nitrogens with zero attached hydrogens (tertiary/aromatic N) is 1. The number of hydrogen-bond donors (Lipinski definition) is 0. The second-order valence-corrected chi connectivity index (χ2v) is 10.2. The number of carbonyl (C=O) groups excluding carboxylic acids is 1. The van der Waals surface area contributed by atoms with E-state index in [2.05, 4.69) is 0 Å². The van der Waals surface area contributed by atoms with Gasteiger partial charge in [-0.05, 0) is 48.9 Å². The summed E-state index contributed by atoms with van der Waals surface area (Å²) in [5.74, 6) is -0.776. The van der Waals surface area contributed by atoms with Crippen LogP contribution in [0.25, 0.3) is 0 Å². The molecule has 152 valence electrons. The van der Waals surface area contributed by atoms with Gasteiger partial charge in [-0.2, -0.15) is 0 Å². The minimum Gasteiger partial charge on any atom is -0.478 e. The van der Waals surface area contributed by atoms with E-state index >= 15 is 0 Å². The smallest absolute Gasteiger partial charge is 0.264 e. The van der Waals surface area contributed by atoms with E-state index in [0.29, 0.717) is 19.4 Å². The predicted molar refractivity (Wildman–Crippen MR) is 108 cm³/mol. The molecule has 1 aliphatic rings. The first kappa shape index (κ1) is 20.8. The molecular formula is C20H24FNO4S2. The van der Waals surface area contributed by atoms with Crippen LogP contribution >= 0.6 is 11.3 Å². The highest BCUT2D eigenvalue weighted by molar-refractivity contribution is 7.91. The molecule has 2 atom stereocenters. The third-order valence-corrected chi connectivity index (χ3v) is 7.72. The van der Waals surface area contributed by atoms with Crippen LogP contribution in [0, 0.1) is 12.7 Å². The van der Waals surface area contributed by atoms with E-state index in [-0.39, 0.29) is 23.2 Å². The Morgan fingerprint density at radius 1 is 1.36 bits per heavy atom. The van der Waals surface area contributed by atoms with E-state index in [1.165, 1.54) is 23.5 Å². The lowest BCUT2D eigenvalue weighted by atomic mass is 10.1. The van der Waals surface area contributed by atoms with E-state index in [9.17, 15) is 17.6 Å². The summed E-state index contributed by atoms with van der Waals surface area (Å²) in [6, 6.07) is 7.55. The largest absolute Gasteiger partial charge is 0.478 e. The van der Waals surface area contributed by atoms with Gasteiger partial charge in [0.25, 0.3) is 5.91 Å². The molecule has 1 aromatic heterocycles. The Morgan fingerprint density at radius 3 is 2.68 bits per heavy atom. The Balaban J connectivity index is 1.85. The van der Waals surface area contributed by atoms with Gasteiger partial charge >= 0.3 is 0 Å². The predicted octanol–water partition coefficient (Wildman–Crippen LogP) is 3.57. The molecule has 1 fully saturated rings. The molecule has 0 radical (unpaired) electrons. The number of benzene rings is 1. The van der Waals surface area contributed by atoms with Gasteiger partial charge in [0, 0.05) is 10.9 Å². The standard InChI is InChI=1S/C20H24FNO4S2/c1-3-17(26-18-7-5-4-6-16(18)21)20(23)22(12-19-14(2)8-10-27-19)15-9-11-28(24,25)13-15/h4-8,10,15,17H,3,9,11-13H2,1-2H3. The molecule has 1 amide bonds. The molecule has 0 spiro atoms. The fourth-order valence-electron chi connectivity index (χ4n) is 3.32. The molecule has 2 heterocycles. The third kappa shape index (κ3) is 4.72. The molecule has 1 aliphatic heterocycles. The number of amides is 1. The summed E-state index contributed by atoms with van der Waals surface area (Å²) in [4.78, 5) is 15.9. The lowest BCUT2D eigenvalue weighted by molar-refractivity contribution is -0.141. The zero-order valence-corrected chi connectivity index (χ0v) is 17.6. The van der Waals surface area contributed by atoms with E-state index in [0.717, 1.165) is 10.4 Å². The first-order chi connectivity index (χ1) is 13.3. The van der Waals surface area contributed by atoms with Crippen molar-refractivity contribution >= 4 is 27.1 Å². The maximum absolute atomic E-state index is 14.0. The van der Waals surface area contributed by atoms with Crippen molar-refractivity contribution in [2.24, 2.45) is 0 Å². The van der Waals surface area contributed by atoms with E-state index in [1.54, 1.807) is 24.0 Å². The average Bonchev–Trinajstić information content (AvgIpc) is 3.23. The quantitative estimate of drug-likeness (QED) is 0.680. The molecule has 0 aliphatic carbocycles. The van der Waals surface area contributed by atoms with Gasteiger partial charge in [0.15, 0.2) is 27.5 Å². The fraction of sp³-hybridized carbons (Fsp3) is 0.450. The fourth-order valence-corrected chi connectivity index (χ4v) is 5.95. The second kappa shape index (κ2) is 8.61. The summed E-state index contributed by atoms with van der Waals surface area (Å²) in [6.07, 6.45) is -0.109. The summed E-state index contributed by atoms with van der Waals surface area (Å²) in [5.41, 5.74) is 1.06. The summed E-state index contributed by atoms with van der Waals surface area (Å²) in [5, 5.41) is 1.95. The van der Waals surface area contributed by atoms with Crippen LogP contribution in [0.5, 0.6) is 5.75 Å². The molecular weight excluding hydrogens is 401 g/mol. The van der Waals surface area contributed by atoms with Gasteiger partial charge < -0.3 is 9.64 Å². The van der Waals surface area contributed by atoms with Crippen LogP contribution in [0.2, 0.25) is 0 Å². The monoisotopic (exact) mass is 425 g/mol. The SMILES string of the molecule is CCC(Oc1ccccc1F)C(=O)N(Cc1sccc1C)C1CCS(=O)(=O)C1. The van der Waals surface area contributed by atoms with Gasteiger partial charge in [-0.15, -0.1) is 11.3 Å². The molecule has 2 unspecified atom stereocenters. The van der Waals surface area contributed by atoms with Crippen molar-refractivity contribution in [3.8, 4) is 5.75 Å². The summed E-state index contributed by atoms with van der Waals surface area (Å²) in [6.45, 7) is 4.09. The van der Waals surface area contributed by atoms with E-state index < -0.39 is 27.8 Å². The van der Waals surface area contributed by atoms with Crippen molar-refractivity contribution in [3.63, 3.8) is 0 Å². The first-order valence-electron chi connectivity index (χ1n) is 9.25. The lowest BCUT2D eigenvalue weighted by Crippen LogP contribution is -2.47. The zero-order chi connectivity index (χ0) is 20.3. The molecule has 28 heavy (non-hydrogen) atoms. The molecule has 1 aromatic carbocycles. The number of aryl methyl sites for hydroxylation is 1. The van der Waals surface area contributed by atoms with E-state index in [1.807, 2.05) is 18.4 Å². The summed E-state index contributed by atoms with van der Waals surface area (Å²) < 4.78 is 43.7. The van der Waals surface area contributed by atoms with Crippen LogP contribution in [0.1, 0.15) is 30.2 Å². The van der Waals surface area contributed by atoms with Crippen molar-refractivity contribution in [2.75, 3.05) is 11.5 Å². The van der Waals surface area contributed by atoms with Crippen molar-refractivity contribution in [2.45, 2.75) is 45.4 Å². The van der Waals surface area contributed by atoms with Crippen molar-refractivity contribution in [1.29, 1.82) is 0 Å². The molecule has 0 bridgehead atoms. The number of thiophene rings is 1. The number of ether oxygens (including phenoxy) is 1. The molecule has 0 saturated carbocycles. The highest BCUT2D eigenvalue weighted by atomic mass is 32.2. The van der Waals surface area contributed by atoms with Gasteiger partial charge in [0.05, 0.1) is 18.1 Å². The normalized spacial score (nSPS) is 19.3. The van der Waals surface area contributed by atoms with E-state index in [4.69, 9.17) is 4.74 Å². The minimum absolute atomic E-state index is 0.0222. The Labute approximate surface area is 169 Å². The Hall–Kier alpha value is -1.93. The number of carbonyl (C=O) groups is 1. The van der Waals surface area contributed by atoms with Gasteiger partial charge in [0.1, 0.15) is 0 Å². The summed E-state index contributed by atoms with van der Waals surface area (Å²) >= 11 is 1.54. The highest BCUT2D eigenvalue weighted by Gasteiger charge is 2.37. The number of rotatable bonds is 7. The molecule has 3 rings (SSSR count). The molecule has 8 heteroatoms. The second-order valence-electron chi connectivity index (χ2n) is 6.99. The third-order valence-electron chi connectivity index (χ3n) is 4.97. The van der Waals surface area contributed by atoms with Crippen molar-refractivity contribution < 1.29 is 22.3 Å². The van der Waals surface area contributed by atoms with Gasteiger partial charge in [-0.25, -0.2) is 12.8 Å². The van der Waals surface area contributed by atoms with Crippen molar-refractivity contribution in [3.05, 3.63) is 52.0 Å². The Bertz CT molecular complexity index is 941. The van der Waals surface area contributed by atoms with Crippen LogP contribution in [-0.2, 0) is 21.2 Å². The molecule has 1 saturated heterocycles. The average molecular weight is 426 g/mol. The van der Waals surface area contributed by atoms with Crippen LogP contribution in [0.15, 0.2) is 35.7 Å².